The van der Waals surface area contributed by atoms with Crippen molar-refractivity contribution in [2.45, 2.75) is 5.75 Å². The summed E-state index contributed by atoms with van der Waals surface area (Å²) in [5, 5.41) is 3.29. The summed E-state index contributed by atoms with van der Waals surface area (Å²) < 4.78 is 35.1. The molecule has 36 heavy (non-hydrogen) atoms. The van der Waals surface area contributed by atoms with Crippen LogP contribution in [0.15, 0.2) is 152 Å². The zero-order valence-corrected chi connectivity index (χ0v) is 21.4. The van der Waals surface area contributed by atoms with Crippen molar-refractivity contribution in [1.29, 1.82) is 0 Å². The van der Waals surface area contributed by atoms with Crippen molar-refractivity contribution in [1.82, 2.24) is 0 Å². The maximum absolute atomic E-state index is 14.1. The van der Waals surface area contributed by atoms with E-state index in [1.54, 1.807) is 0 Å². The minimum atomic E-state index is -4.26. The monoisotopic (exact) mass is 510 g/mol. The SMILES string of the molecule is O=S(=O)(Cc1ccccc1)OP(c1ccccc1)(c1ccccc1)(c1ccccc1)c1ccccc1. The molecule has 0 atom stereocenters. The van der Waals surface area contributed by atoms with Gasteiger partial charge in [-0.25, -0.2) is 0 Å². The van der Waals surface area contributed by atoms with Crippen LogP contribution in [0.4, 0.5) is 0 Å². The van der Waals surface area contributed by atoms with E-state index < -0.39 is 16.9 Å². The van der Waals surface area contributed by atoms with Crippen LogP contribution in [0, 0.1) is 0 Å². The Hall–Kier alpha value is -3.56. The summed E-state index contributed by atoms with van der Waals surface area (Å²) in [5.74, 6) is -0.231. The first-order valence-electron chi connectivity index (χ1n) is 11.8. The average Bonchev–Trinajstić information content (AvgIpc) is 2.94. The van der Waals surface area contributed by atoms with Crippen LogP contribution in [0.2, 0.25) is 0 Å². The average molecular weight is 511 g/mol. The van der Waals surface area contributed by atoms with Crippen LogP contribution in [0.3, 0.4) is 0 Å². The number of hydrogen-bond acceptors (Lipinski definition) is 3. The van der Waals surface area contributed by atoms with Crippen molar-refractivity contribution in [2.24, 2.45) is 0 Å². The summed E-state index contributed by atoms with van der Waals surface area (Å²) in [6.45, 7) is -4.26. The van der Waals surface area contributed by atoms with Gasteiger partial charge < -0.3 is 0 Å². The van der Waals surface area contributed by atoms with Crippen molar-refractivity contribution in [3.63, 3.8) is 0 Å². The van der Waals surface area contributed by atoms with Gasteiger partial charge in [0.15, 0.2) is 0 Å². The molecule has 0 bridgehead atoms. The first kappa shape index (κ1) is 24.1. The van der Waals surface area contributed by atoms with Crippen molar-refractivity contribution in [3.05, 3.63) is 157 Å². The normalized spacial score (nSPS) is 12.9. The number of benzene rings is 5. The molecule has 0 aliphatic heterocycles. The van der Waals surface area contributed by atoms with E-state index in [1.165, 1.54) is 0 Å². The van der Waals surface area contributed by atoms with Crippen molar-refractivity contribution >= 4 is 38.2 Å². The van der Waals surface area contributed by atoms with Gasteiger partial charge in [-0.2, -0.15) is 0 Å². The Labute approximate surface area is 213 Å². The molecule has 0 saturated heterocycles. The minimum absolute atomic E-state index is 0.231. The first-order valence-corrected chi connectivity index (χ1v) is 15.5. The Morgan fingerprint density at radius 1 is 0.444 bits per heavy atom. The van der Waals surface area contributed by atoms with Crippen LogP contribution in [0.5, 0.6) is 0 Å². The van der Waals surface area contributed by atoms with Gasteiger partial charge in [0.2, 0.25) is 0 Å². The zero-order valence-electron chi connectivity index (χ0n) is 19.7. The molecule has 180 valence electrons. The fraction of sp³-hybridized carbons (Fsp3) is 0.0323. The fourth-order valence-electron chi connectivity index (χ4n) is 4.95. The van der Waals surface area contributed by atoms with Gasteiger partial charge in [-0.3, -0.25) is 0 Å². The van der Waals surface area contributed by atoms with Crippen LogP contribution in [-0.2, 0) is 19.8 Å². The van der Waals surface area contributed by atoms with Gasteiger partial charge in [0.05, 0.1) is 0 Å². The Balaban J connectivity index is 1.94. The van der Waals surface area contributed by atoms with Gasteiger partial charge in [-0.1, -0.05) is 0 Å². The molecule has 0 heterocycles. The molecule has 0 N–H and O–H groups in total. The number of rotatable bonds is 8. The molecule has 0 aliphatic rings. The molecule has 0 spiro atoms. The topological polar surface area (TPSA) is 43.4 Å². The second kappa shape index (κ2) is 9.83. The molecular formula is C31H27O3PS. The molecule has 5 aromatic carbocycles. The second-order valence-electron chi connectivity index (χ2n) is 8.64. The third-order valence-corrected chi connectivity index (χ3v) is 14.4. The van der Waals surface area contributed by atoms with Crippen LogP contribution >= 0.6 is 6.83 Å². The summed E-state index contributed by atoms with van der Waals surface area (Å²) in [5.41, 5.74) is 0.677. The van der Waals surface area contributed by atoms with E-state index >= 15 is 0 Å². The predicted octanol–water partition coefficient (Wildman–Crippen LogP) is 5.30. The van der Waals surface area contributed by atoms with E-state index in [9.17, 15) is 8.42 Å². The van der Waals surface area contributed by atoms with Crippen LogP contribution in [0.1, 0.15) is 5.56 Å². The van der Waals surface area contributed by atoms with E-state index in [0.29, 0.717) is 5.56 Å². The molecule has 0 aliphatic carbocycles. The molecule has 3 nitrogen and oxygen atoms in total. The summed E-state index contributed by atoms with van der Waals surface area (Å²) in [6.07, 6.45) is 0. The summed E-state index contributed by atoms with van der Waals surface area (Å²) in [6, 6.07) is 48.4. The third-order valence-electron chi connectivity index (χ3n) is 6.44. The van der Waals surface area contributed by atoms with Gasteiger partial charge in [0.25, 0.3) is 0 Å². The standard InChI is InChI=1S/C31H27O3PS/c32-36(33,26-27-16-6-1-7-17-27)34-35(28-18-8-2-9-19-28,29-20-10-3-11-21-29,30-22-12-4-13-23-30)31-24-14-5-15-25-31/h1-25H,26H2. The van der Waals surface area contributed by atoms with Crippen LogP contribution < -0.4 is 21.2 Å². The molecule has 5 aromatic rings. The fourth-order valence-corrected chi connectivity index (χ4v) is 13.7. The van der Waals surface area contributed by atoms with E-state index in [-0.39, 0.29) is 5.75 Å². The number of hydrogen-bond donors (Lipinski definition) is 0. The van der Waals surface area contributed by atoms with E-state index in [0.717, 1.165) is 21.2 Å². The van der Waals surface area contributed by atoms with Crippen LogP contribution in [0.25, 0.3) is 0 Å². The predicted molar refractivity (Wildman–Crippen MR) is 151 cm³/mol. The molecule has 0 radical (unpaired) electrons. The van der Waals surface area contributed by atoms with Gasteiger partial charge in [-0.05, 0) is 0 Å². The molecule has 0 unspecified atom stereocenters. The quantitative estimate of drug-likeness (QED) is 0.266. The van der Waals surface area contributed by atoms with Gasteiger partial charge in [0, 0.05) is 0 Å². The Kier molecular flexibility index (Phi) is 6.59. The van der Waals surface area contributed by atoms with E-state index in [4.69, 9.17) is 3.97 Å². The Bertz CT molecular complexity index is 1360. The summed E-state index contributed by atoms with van der Waals surface area (Å²) in [7, 11) is -4.09. The Morgan fingerprint density at radius 3 is 1.03 bits per heavy atom. The second-order valence-corrected chi connectivity index (χ2v) is 14.8. The van der Waals surface area contributed by atoms with Gasteiger partial charge in [0.1, 0.15) is 0 Å². The summed E-state index contributed by atoms with van der Waals surface area (Å²) >= 11 is 0. The van der Waals surface area contributed by atoms with Gasteiger partial charge >= 0.3 is 214 Å². The first-order chi connectivity index (χ1) is 17.5. The molecular weight excluding hydrogens is 483 g/mol. The van der Waals surface area contributed by atoms with E-state index in [1.807, 2.05) is 152 Å². The van der Waals surface area contributed by atoms with E-state index in [2.05, 4.69) is 0 Å². The van der Waals surface area contributed by atoms with Crippen molar-refractivity contribution in [2.75, 3.05) is 0 Å². The van der Waals surface area contributed by atoms with Crippen molar-refractivity contribution < 1.29 is 12.4 Å². The maximum atomic E-state index is 14.1. The van der Waals surface area contributed by atoms with Crippen molar-refractivity contribution in [3.8, 4) is 0 Å². The molecule has 0 saturated carbocycles. The van der Waals surface area contributed by atoms with Crippen LogP contribution in [-0.4, -0.2) is 8.42 Å². The molecule has 0 amide bonds. The Morgan fingerprint density at radius 2 is 0.722 bits per heavy atom. The molecule has 5 heteroatoms. The third kappa shape index (κ3) is 4.08. The molecule has 5 rings (SSSR count). The summed E-state index contributed by atoms with van der Waals surface area (Å²) in [4.78, 5) is 0. The molecule has 0 aromatic heterocycles. The molecule has 0 fully saturated rings. The van der Waals surface area contributed by atoms with Gasteiger partial charge in [-0.15, -0.1) is 0 Å². The zero-order chi connectivity index (χ0) is 24.9.